The Bertz CT molecular complexity index is 2020. The summed E-state index contributed by atoms with van der Waals surface area (Å²) in [4.78, 5) is 68.9. The Labute approximate surface area is 322 Å². The highest BCUT2D eigenvalue weighted by Gasteiger charge is 2.53. The van der Waals surface area contributed by atoms with Crippen molar-refractivity contribution in [3.05, 3.63) is 130 Å². The van der Waals surface area contributed by atoms with E-state index in [1.807, 2.05) is 0 Å². The fraction of sp³-hybridized carbons (Fsp3) is 0.310. The van der Waals surface area contributed by atoms with Gasteiger partial charge in [-0.15, -0.1) is 0 Å². The number of hydrogen-bond acceptors (Lipinski definition) is 9. The van der Waals surface area contributed by atoms with E-state index in [9.17, 15) is 37.1 Å². The molecular formula is C42H43F3N2O9. The molecule has 2 amide bonds. The van der Waals surface area contributed by atoms with Crippen molar-refractivity contribution in [3.8, 4) is 0 Å². The van der Waals surface area contributed by atoms with Gasteiger partial charge in [-0.2, -0.15) is 13.2 Å². The Morgan fingerprint density at radius 2 is 1.55 bits per heavy atom. The van der Waals surface area contributed by atoms with Crippen LogP contribution >= 0.6 is 0 Å². The van der Waals surface area contributed by atoms with Gasteiger partial charge in [-0.3, -0.25) is 24.0 Å². The number of esters is 3. The highest BCUT2D eigenvalue weighted by atomic mass is 19.4. The Hall–Kier alpha value is -6.18. The van der Waals surface area contributed by atoms with E-state index in [2.05, 4.69) is 5.32 Å². The summed E-state index contributed by atoms with van der Waals surface area (Å²) in [5.41, 5.74) is -1.45. The van der Waals surface area contributed by atoms with E-state index < -0.39 is 59.9 Å². The van der Waals surface area contributed by atoms with Gasteiger partial charge >= 0.3 is 24.1 Å². The number of carbonyl (C=O) groups is 5. The summed E-state index contributed by atoms with van der Waals surface area (Å²) in [7, 11) is 4.43. The summed E-state index contributed by atoms with van der Waals surface area (Å²) in [6.45, 7) is 2.21. The van der Waals surface area contributed by atoms with Crippen molar-refractivity contribution < 1.29 is 56.1 Å². The van der Waals surface area contributed by atoms with Gasteiger partial charge in [0.1, 0.15) is 12.4 Å². The van der Waals surface area contributed by atoms with Crippen LogP contribution in [0.15, 0.2) is 108 Å². The van der Waals surface area contributed by atoms with Crippen LogP contribution in [-0.2, 0) is 39.8 Å². The Morgan fingerprint density at radius 1 is 0.857 bits per heavy atom. The monoisotopic (exact) mass is 776 g/mol. The first kappa shape index (κ1) is 42.6. The summed E-state index contributed by atoms with van der Waals surface area (Å²) in [6.07, 6.45) is 6.76. The minimum atomic E-state index is -4.50. The molecule has 0 bridgehead atoms. The first-order valence-corrected chi connectivity index (χ1v) is 17.7. The maximum absolute atomic E-state index is 13.7. The van der Waals surface area contributed by atoms with E-state index in [1.54, 1.807) is 50.3 Å². The number of methoxy groups -OCH3 is 1. The lowest BCUT2D eigenvalue weighted by atomic mass is 9.79. The first-order valence-electron chi connectivity index (χ1n) is 17.7. The zero-order chi connectivity index (χ0) is 41.0. The zero-order valence-electron chi connectivity index (χ0n) is 31.7. The minimum Gasteiger partial charge on any atom is -0.497 e. The van der Waals surface area contributed by atoms with E-state index in [0.717, 1.165) is 6.08 Å². The van der Waals surface area contributed by atoms with Crippen LogP contribution in [0, 0.1) is 5.41 Å². The number of amides is 2. The average Bonchev–Trinajstić information content (AvgIpc) is 3.58. The van der Waals surface area contributed by atoms with Crippen molar-refractivity contribution in [1.29, 1.82) is 0 Å². The third-order valence-corrected chi connectivity index (χ3v) is 8.74. The van der Waals surface area contributed by atoms with Gasteiger partial charge in [0, 0.05) is 25.2 Å². The second kappa shape index (κ2) is 18.9. The van der Waals surface area contributed by atoms with Crippen LogP contribution in [0.25, 0.3) is 5.57 Å². The largest absolute Gasteiger partial charge is 0.497 e. The van der Waals surface area contributed by atoms with Crippen LogP contribution in [0.1, 0.15) is 58.5 Å². The SMILES string of the molecule is CCOC(=O)C(COC(=O)Cc1ccc(NC(=O)c2ccccc2C2=CC=C(C(F)(F)F)CC=C2)c(C(=O)N(C)C)c1)(C(=O)OCC)C1=CCC=CC(OC)=C1. The van der Waals surface area contributed by atoms with Crippen molar-refractivity contribution in [2.75, 3.05) is 46.3 Å². The van der Waals surface area contributed by atoms with Gasteiger partial charge in [0.25, 0.3) is 11.8 Å². The zero-order valence-corrected chi connectivity index (χ0v) is 31.7. The molecule has 4 rings (SSSR count). The second-order valence-electron chi connectivity index (χ2n) is 12.7. The Balaban J connectivity index is 1.63. The lowest BCUT2D eigenvalue weighted by Crippen LogP contribution is -2.47. The van der Waals surface area contributed by atoms with Crippen LogP contribution in [0.4, 0.5) is 18.9 Å². The van der Waals surface area contributed by atoms with Gasteiger partial charge in [-0.05, 0) is 79.3 Å². The maximum Gasteiger partial charge on any atom is 0.412 e. The number of hydrogen-bond donors (Lipinski definition) is 1. The first-order chi connectivity index (χ1) is 26.7. The number of alkyl halides is 3. The van der Waals surface area contributed by atoms with Gasteiger partial charge in [-0.1, -0.05) is 60.7 Å². The number of halogens is 3. The van der Waals surface area contributed by atoms with Crippen LogP contribution in [-0.4, -0.2) is 81.8 Å². The topological polar surface area (TPSA) is 138 Å². The van der Waals surface area contributed by atoms with Crippen LogP contribution in [0.5, 0.6) is 0 Å². The molecule has 0 fully saturated rings. The third-order valence-electron chi connectivity index (χ3n) is 8.74. The van der Waals surface area contributed by atoms with E-state index in [-0.39, 0.29) is 42.0 Å². The molecule has 0 aliphatic heterocycles. The molecule has 296 valence electrons. The lowest BCUT2D eigenvalue weighted by molar-refractivity contribution is -0.174. The van der Waals surface area contributed by atoms with Crippen LogP contribution in [0.3, 0.4) is 0 Å². The molecule has 1 N–H and O–H groups in total. The molecule has 56 heavy (non-hydrogen) atoms. The summed E-state index contributed by atoms with van der Waals surface area (Å²) >= 11 is 0. The molecule has 0 aromatic heterocycles. The Kier molecular flexibility index (Phi) is 14.4. The van der Waals surface area contributed by atoms with E-state index in [4.69, 9.17) is 18.9 Å². The predicted octanol–water partition coefficient (Wildman–Crippen LogP) is 7.09. The third kappa shape index (κ3) is 10.1. The number of nitrogens with zero attached hydrogens (tertiary/aromatic N) is 1. The quantitative estimate of drug-likeness (QED) is 0.121. The standard InChI is InChI=1S/C42H43F3N2O9/c1-6-54-39(51)41(40(52)55-7-2,30-14-8-9-16-31(25-30)53-5)26-56-36(48)24-27-19-22-35(34(23-27)38(50)47(3)4)46-37(49)33-18-11-10-17-32(33)28-13-12-15-29(21-20-28)42(43,44)45/h9-14,16-23,25H,6-8,15,24,26H2,1-5H3,(H,46,49). The van der Waals surface area contributed by atoms with Crippen LogP contribution in [0.2, 0.25) is 0 Å². The summed E-state index contributed by atoms with van der Waals surface area (Å²) in [5.74, 6) is -3.64. The average molecular weight is 777 g/mol. The maximum atomic E-state index is 13.7. The van der Waals surface area contributed by atoms with Crippen molar-refractivity contribution in [2.24, 2.45) is 5.41 Å². The van der Waals surface area contributed by atoms with Crippen LogP contribution < -0.4 is 5.32 Å². The molecule has 0 unspecified atom stereocenters. The number of ether oxygens (including phenoxy) is 4. The molecule has 2 aliphatic rings. The number of rotatable bonds is 14. The molecule has 2 aliphatic carbocycles. The Morgan fingerprint density at radius 3 is 2.20 bits per heavy atom. The van der Waals surface area contributed by atoms with Crippen molar-refractivity contribution >= 4 is 41.0 Å². The van der Waals surface area contributed by atoms with Gasteiger partial charge in [0.2, 0.25) is 5.41 Å². The fourth-order valence-electron chi connectivity index (χ4n) is 5.87. The number of anilines is 1. The molecule has 2 aromatic rings. The number of allylic oxidation sites excluding steroid dienone is 10. The summed E-state index contributed by atoms with van der Waals surface area (Å²) < 4.78 is 61.7. The highest BCUT2D eigenvalue weighted by molar-refractivity contribution is 6.11. The van der Waals surface area contributed by atoms with Crippen molar-refractivity contribution in [1.82, 2.24) is 4.90 Å². The summed E-state index contributed by atoms with van der Waals surface area (Å²) in [5, 5.41) is 2.74. The van der Waals surface area contributed by atoms with E-state index >= 15 is 0 Å². The molecule has 0 saturated carbocycles. The van der Waals surface area contributed by atoms with E-state index in [0.29, 0.717) is 28.9 Å². The molecule has 0 atom stereocenters. The number of carbonyl (C=O) groups excluding carboxylic acids is 5. The lowest BCUT2D eigenvalue weighted by Gasteiger charge is -2.30. The van der Waals surface area contributed by atoms with Crippen molar-refractivity contribution in [2.45, 2.75) is 39.3 Å². The molecule has 0 radical (unpaired) electrons. The normalized spacial score (nSPS) is 14.1. The molecule has 0 heterocycles. The summed E-state index contributed by atoms with van der Waals surface area (Å²) in [6, 6.07) is 10.7. The fourth-order valence-corrected chi connectivity index (χ4v) is 5.87. The number of nitrogens with one attached hydrogen (secondary N) is 1. The van der Waals surface area contributed by atoms with Gasteiger partial charge in [0.05, 0.1) is 38.0 Å². The number of benzene rings is 2. The second-order valence-corrected chi connectivity index (χ2v) is 12.7. The van der Waals surface area contributed by atoms with Gasteiger partial charge < -0.3 is 29.2 Å². The van der Waals surface area contributed by atoms with Crippen molar-refractivity contribution in [3.63, 3.8) is 0 Å². The molecule has 14 heteroatoms. The highest BCUT2D eigenvalue weighted by Crippen LogP contribution is 2.36. The van der Waals surface area contributed by atoms with Gasteiger partial charge in [0.15, 0.2) is 0 Å². The minimum absolute atomic E-state index is 0.0261. The van der Waals surface area contributed by atoms with E-state index in [1.165, 1.54) is 74.7 Å². The molecule has 2 aromatic carbocycles. The predicted molar refractivity (Wildman–Crippen MR) is 202 cm³/mol. The molecular weight excluding hydrogens is 733 g/mol. The molecule has 11 nitrogen and oxygen atoms in total. The molecule has 0 saturated heterocycles. The smallest absolute Gasteiger partial charge is 0.412 e. The van der Waals surface area contributed by atoms with Gasteiger partial charge in [-0.25, -0.2) is 0 Å². The molecule has 0 spiro atoms.